The Bertz CT molecular complexity index is 617. The summed E-state index contributed by atoms with van der Waals surface area (Å²) in [5, 5.41) is 3.04. The average molecular weight is 299 g/mol. The fraction of sp³-hybridized carbons (Fsp3) is 0.316. The number of hydrogen-bond donors (Lipinski definition) is 1. The number of rotatable bonds is 5. The molecule has 2 nitrogen and oxygen atoms in total. The Morgan fingerprint density at radius 2 is 1.64 bits per heavy atom. The van der Waals surface area contributed by atoms with Gasteiger partial charge in [-0.15, -0.1) is 0 Å². The topological polar surface area (TPSA) is 29.1 Å². The highest BCUT2D eigenvalue weighted by molar-refractivity contribution is 5.94. The van der Waals surface area contributed by atoms with E-state index in [-0.39, 0.29) is 23.7 Å². The molecule has 116 valence electrons. The lowest BCUT2D eigenvalue weighted by Gasteiger charge is -2.23. The normalized spacial score (nSPS) is 12.2. The molecule has 1 N–H and O–H groups in total. The van der Waals surface area contributed by atoms with Gasteiger partial charge in [0.1, 0.15) is 5.82 Å². The van der Waals surface area contributed by atoms with Crippen molar-refractivity contribution in [2.75, 3.05) is 0 Å². The van der Waals surface area contributed by atoms with Gasteiger partial charge in [0, 0.05) is 5.56 Å². The molecule has 2 aromatic rings. The number of benzene rings is 2. The Labute approximate surface area is 131 Å². The van der Waals surface area contributed by atoms with Crippen molar-refractivity contribution in [2.24, 2.45) is 5.92 Å². The van der Waals surface area contributed by atoms with Crippen LogP contribution in [0.2, 0.25) is 0 Å². The summed E-state index contributed by atoms with van der Waals surface area (Å²) in [4.78, 5) is 12.3. The summed E-state index contributed by atoms with van der Waals surface area (Å²) in [5.74, 6) is -0.262. The Morgan fingerprint density at radius 3 is 2.14 bits per heavy atom. The maximum absolute atomic E-state index is 12.9. The van der Waals surface area contributed by atoms with Crippen LogP contribution in [0.15, 0.2) is 48.5 Å². The van der Waals surface area contributed by atoms with Gasteiger partial charge in [0.15, 0.2) is 0 Å². The molecule has 0 spiro atoms. The molecule has 0 saturated heterocycles. The van der Waals surface area contributed by atoms with Crippen LogP contribution in [-0.4, -0.2) is 5.91 Å². The van der Waals surface area contributed by atoms with Crippen molar-refractivity contribution in [3.05, 3.63) is 71.0 Å². The highest BCUT2D eigenvalue weighted by Crippen LogP contribution is 2.23. The number of carbonyl (C=O) groups excluding carboxylic acids is 1. The highest BCUT2D eigenvalue weighted by Gasteiger charge is 2.19. The summed E-state index contributed by atoms with van der Waals surface area (Å²) in [6.45, 7) is 6.26. The molecule has 0 aliphatic carbocycles. The van der Waals surface area contributed by atoms with Crippen LogP contribution in [0.5, 0.6) is 0 Å². The first-order valence-corrected chi connectivity index (χ1v) is 7.66. The lowest BCUT2D eigenvalue weighted by Crippen LogP contribution is -2.31. The van der Waals surface area contributed by atoms with Crippen LogP contribution in [0.3, 0.4) is 0 Å². The Balaban J connectivity index is 2.17. The van der Waals surface area contributed by atoms with Crippen LogP contribution in [0.1, 0.15) is 48.3 Å². The number of halogens is 1. The van der Waals surface area contributed by atoms with Crippen molar-refractivity contribution in [2.45, 2.75) is 33.2 Å². The zero-order chi connectivity index (χ0) is 16.1. The van der Waals surface area contributed by atoms with E-state index in [2.05, 4.69) is 50.4 Å². The Kier molecular flexibility index (Phi) is 5.31. The molecule has 2 rings (SSSR count). The molecule has 3 heteroatoms. The predicted molar refractivity (Wildman–Crippen MR) is 87.3 cm³/mol. The second kappa shape index (κ2) is 7.21. The predicted octanol–water partition coefficient (Wildman–Crippen LogP) is 4.52. The van der Waals surface area contributed by atoms with Gasteiger partial charge in [-0.05, 0) is 47.7 Å². The van der Waals surface area contributed by atoms with E-state index in [0.29, 0.717) is 5.56 Å². The van der Waals surface area contributed by atoms with Crippen molar-refractivity contribution >= 4 is 5.91 Å². The number of aryl methyl sites for hydroxylation is 1. The highest BCUT2D eigenvalue weighted by atomic mass is 19.1. The minimum Gasteiger partial charge on any atom is -0.345 e. The third kappa shape index (κ3) is 3.94. The van der Waals surface area contributed by atoms with E-state index < -0.39 is 0 Å². The third-order valence-electron chi connectivity index (χ3n) is 3.81. The van der Waals surface area contributed by atoms with Gasteiger partial charge in [0.2, 0.25) is 0 Å². The summed E-state index contributed by atoms with van der Waals surface area (Å²) >= 11 is 0. The lowest BCUT2D eigenvalue weighted by atomic mass is 9.94. The fourth-order valence-corrected chi connectivity index (χ4v) is 2.42. The van der Waals surface area contributed by atoms with Gasteiger partial charge in [0.05, 0.1) is 6.04 Å². The number of carbonyl (C=O) groups is 1. The standard InChI is InChI=1S/C19H22FNO/c1-4-14-5-7-15(8-6-14)18(13(2)3)21-19(22)16-9-11-17(20)12-10-16/h5-13,18H,4H2,1-3H3,(H,21,22). The van der Waals surface area contributed by atoms with E-state index >= 15 is 0 Å². The molecule has 22 heavy (non-hydrogen) atoms. The first-order valence-electron chi connectivity index (χ1n) is 7.66. The molecule has 1 atom stereocenters. The number of amides is 1. The van der Waals surface area contributed by atoms with E-state index in [4.69, 9.17) is 0 Å². The Morgan fingerprint density at radius 1 is 1.05 bits per heavy atom. The maximum Gasteiger partial charge on any atom is 0.251 e. The molecule has 0 radical (unpaired) electrons. The maximum atomic E-state index is 12.9. The first-order chi connectivity index (χ1) is 10.5. The average Bonchev–Trinajstić information content (AvgIpc) is 2.53. The largest absolute Gasteiger partial charge is 0.345 e. The fourth-order valence-electron chi connectivity index (χ4n) is 2.42. The lowest BCUT2D eigenvalue weighted by molar-refractivity contribution is 0.0925. The molecule has 1 amide bonds. The van der Waals surface area contributed by atoms with E-state index in [9.17, 15) is 9.18 Å². The molecule has 0 aliphatic heterocycles. The van der Waals surface area contributed by atoms with Crippen molar-refractivity contribution < 1.29 is 9.18 Å². The second-order valence-corrected chi connectivity index (χ2v) is 5.80. The summed E-state index contributed by atoms with van der Waals surface area (Å²) in [6.07, 6.45) is 0.995. The van der Waals surface area contributed by atoms with Gasteiger partial charge in [0.25, 0.3) is 5.91 Å². The molecular weight excluding hydrogens is 277 g/mol. The first kappa shape index (κ1) is 16.2. The van der Waals surface area contributed by atoms with Gasteiger partial charge in [-0.25, -0.2) is 4.39 Å². The summed E-state index contributed by atoms with van der Waals surface area (Å²) < 4.78 is 12.9. The zero-order valence-corrected chi connectivity index (χ0v) is 13.3. The SMILES string of the molecule is CCc1ccc(C(NC(=O)c2ccc(F)cc2)C(C)C)cc1. The van der Waals surface area contributed by atoms with E-state index in [1.165, 1.54) is 29.8 Å². The van der Waals surface area contributed by atoms with E-state index in [1.807, 2.05) is 0 Å². The van der Waals surface area contributed by atoms with Crippen LogP contribution < -0.4 is 5.32 Å². The molecule has 0 aliphatic rings. The van der Waals surface area contributed by atoms with Gasteiger partial charge in [-0.2, -0.15) is 0 Å². The molecule has 2 aromatic carbocycles. The molecule has 0 bridgehead atoms. The molecule has 0 saturated carbocycles. The summed E-state index contributed by atoms with van der Waals surface area (Å²) in [6, 6.07) is 13.9. The van der Waals surface area contributed by atoms with Crippen LogP contribution >= 0.6 is 0 Å². The van der Waals surface area contributed by atoms with Gasteiger partial charge < -0.3 is 5.32 Å². The van der Waals surface area contributed by atoms with Crippen molar-refractivity contribution in [1.29, 1.82) is 0 Å². The molecule has 0 aromatic heterocycles. The summed E-state index contributed by atoms with van der Waals surface area (Å²) in [7, 11) is 0. The number of hydrogen-bond acceptors (Lipinski definition) is 1. The quantitative estimate of drug-likeness (QED) is 0.864. The minimum atomic E-state index is -0.341. The van der Waals surface area contributed by atoms with Gasteiger partial charge in [-0.1, -0.05) is 45.0 Å². The summed E-state index contributed by atoms with van der Waals surface area (Å²) in [5.41, 5.74) is 2.83. The van der Waals surface area contributed by atoms with Crippen molar-refractivity contribution in [1.82, 2.24) is 5.32 Å². The van der Waals surface area contributed by atoms with E-state index in [0.717, 1.165) is 12.0 Å². The van der Waals surface area contributed by atoms with Gasteiger partial charge >= 0.3 is 0 Å². The number of nitrogens with one attached hydrogen (secondary N) is 1. The molecular formula is C19H22FNO. The second-order valence-electron chi connectivity index (χ2n) is 5.80. The van der Waals surface area contributed by atoms with Crippen molar-refractivity contribution in [3.63, 3.8) is 0 Å². The van der Waals surface area contributed by atoms with Crippen LogP contribution in [0.25, 0.3) is 0 Å². The zero-order valence-electron chi connectivity index (χ0n) is 13.3. The van der Waals surface area contributed by atoms with Gasteiger partial charge in [-0.3, -0.25) is 4.79 Å². The Hall–Kier alpha value is -2.16. The van der Waals surface area contributed by atoms with Crippen LogP contribution in [0, 0.1) is 11.7 Å². The minimum absolute atomic E-state index is 0.0662. The monoisotopic (exact) mass is 299 g/mol. The molecule has 0 heterocycles. The molecule has 0 fully saturated rings. The van der Waals surface area contributed by atoms with Crippen LogP contribution in [-0.2, 0) is 6.42 Å². The third-order valence-corrected chi connectivity index (χ3v) is 3.81. The van der Waals surface area contributed by atoms with E-state index in [1.54, 1.807) is 0 Å². The molecule has 1 unspecified atom stereocenters. The van der Waals surface area contributed by atoms with Crippen LogP contribution in [0.4, 0.5) is 4.39 Å². The smallest absolute Gasteiger partial charge is 0.251 e. The van der Waals surface area contributed by atoms with Crippen molar-refractivity contribution in [3.8, 4) is 0 Å².